The SMILES string of the molecule is CC(C)n1cc(Cl)c(S(N)=O)n1. The summed E-state index contributed by atoms with van der Waals surface area (Å²) in [5.41, 5.74) is 0. The number of hydrogen-bond acceptors (Lipinski definition) is 2. The van der Waals surface area contributed by atoms with Gasteiger partial charge in [0.1, 0.15) is 11.0 Å². The van der Waals surface area contributed by atoms with Crippen molar-refractivity contribution in [2.45, 2.75) is 24.9 Å². The molecule has 12 heavy (non-hydrogen) atoms. The first-order valence-electron chi connectivity index (χ1n) is 3.43. The van der Waals surface area contributed by atoms with Crippen LogP contribution in [0.4, 0.5) is 0 Å². The van der Waals surface area contributed by atoms with Gasteiger partial charge in [-0.15, -0.1) is 0 Å². The van der Waals surface area contributed by atoms with E-state index in [1.165, 1.54) is 0 Å². The van der Waals surface area contributed by atoms with Gasteiger partial charge in [0.2, 0.25) is 0 Å². The van der Waals surface area contributed by atoms with Crippen LogP contribution < -0.4 is 5.14 Å². The molecule has 0 fully saturated rings. The van der Waals surface area contributed by atoms with E-state index >= 15 is 0 Å². The van der Waals surface area contributed by atoms with Crippen molar-refractivity contribution < 1.29 is 4.21 Å². The minimum Gasteiger partial charge on any atom is -0.267 e. The van der Waals surface area contributed by atoms with Crippen LogP contribution in [-0.2, 0) is 11.0 Å². The quantitative estimate of drug-likeness (QED) is 0.790. The minimum atomic E-state index is -1.60. The lowest BCUT2D eigenvalue weighted by atomic mass is 10.4. The Morgan fingerprint density at radius 3 is 2.58 bits per heavy atom. The van der Waals surface area contributed by atoms with Gasteiger partial charge in [-0.3, -0.25) is 4.68 Å². The highest BCUT2D eigenvalue weighted by Crippen LogP contribution is 2.18. The molecule has 2 N–H and O–H groups in total. The van der Waals surface area contributed by atoms with Crippen molar-refractivity contribution in [3.63, 3.8) is 0 Å². The number of aromatic nitrogens is 2. The van der Waals surface area contributed by atoms with Crippen LogP contribution >= 0.6 is 11.6 Å². The molecule has 0 saturated heterocycles. The van der Waals surface area contributed by atoms with Crippen molar-refractivity contribution in [2.75, 3.05) is 0 Å². The van der Waals surface area contributed by atoms with E-state index in [-0.39, 0.29) is 11.1 Å². The van der Waals surface area contributed by atoms with Crippen LogP contribution in [0.5, 0.6) is 0 Å². The van der Waals surface area contributed by atoms with Gasteiger partial charge in [0.05, 0.1) is 5.02 Å². The van der Waals surface area contributed by atoms with Gasteiger partial charge in [0, 0.05) is 12.2 Å². The molecule has 0 saturated carbocycles. The highest BCUT2D eigenvalue weighted by molar-refractivity contribution is 7.82. The third-order valence-corrected chi connectivity index (χ3v) is 2.45. The Kier molecular flexibility index (Phi) is 2.87. The Balaban J connectivity index is 3.09. The van der Waals surface area contributed by atoms with Gasteiger partial charge in [-0.25, -0.2) is 9.35 Å². The summed E-state index contributed by atoms with van der Waals surface area (Å²) in [4.78, 5) is 0. The molecule has 1 unspecified atom stereocenters. The summed E-state index contributed by atoms with van der Waals surface area (Å²) >= 11 is 5.73. The maximum atomic E-state index is 10.8. The maximum Gasteiger partial charge on any atom is 0.183 e. The molecule has 0 spiro atoms. The van der Waals surface area contributed by atoms with Crippen LogP contribution in [0.3, 0.4) is 0 Å². The van der Waals surface area contributed by atoms with Gasteiger partial charge in [-0.05, 0) is 13.8 Å². The van der Waals surface area contributed by atoms with Crippen molar-refractivity contribution in [3.8, 4) is 0 Å². The largest absolute Gasteiger partial charge is 0.267 e. The van der Waals surface area contributed by atoms with Gasteiger partial charge in [-0.1, -0.05) is 11.6 Å². The molecule has 1 atom stereocenters. The number of nitrogens with zero attached hydrogens (tertiary/aromatic N) is 2. The predicted molar refractivity (Wildman–Crippen MR) is 48.2 cm³/mol. The van der Waals surface area contributed by atoms with Crippen LogP contribution in [0.2, 0.25) is 5.02 Å². The van der Waals surface area contributed by atoms with Gasteiger partial charge in [0.25, 0.3) is 0 Å². The van der Waals surface area contributed by atoms with E-state index in [9.17, 15) is 4.21 Å². The molecule has 0 bridgehead atoms. The van der Waals surface area contributed by atoms with Crippen LogP contribution in [-0.4, -0.2) is 14.0 Å². The first-order valence-corrected chi connectivity index (χ1v) is 5.02. The Morgan fingerprint density at radius 1 is 1.75 bits per heavy atom. The summed E-state index contributed by atoms with van der Waals surface area (Å²) in [6.07, 6.45) is 1.62. The maximum absolute atomic E-state index is 10.8. The highest BCUT2D eigenvalue weighted by atomic mass is 35.5. The Morgan fingerprint density at radius 2 is 2.33 bits per heavy atom. The number of rotatable bonds is 2. The monoisotopic (exact) mass is 207 g/mol. The van der Waals surface area contributed by atoms with E-state index in [0.29, 0.717) is 5.02 Å². The molecule has 4 nitrogen and oxygen atoms in total. The van der Waals surface area contributed by atoms with E-state index in [4.69, 9.17) is 16.7 Å². The fourth-order valence-corrected chi connectivity index (χ4v) is 1.54. The second-order valence-electron chi connectivity index (χ2n) is 2.65. The zero-order valence-corrected chi connectivity index (χ0v) is 8.39. The van der Waals surface area contributed by atoms with Crippen LogP contribution in [0.25, 0.3) is 0 Å². The molecule has 0 aliphatic heterocycles. The lowest BCUT2D eigenvalue weighted by molar-refractivity contribution is 0.520. The molecule has 0 aliphatic rings. The number of hydrogen-bond donors (Lipinski definition) is 1. The van der Waals surface area contributed by atoms with E-state index in [2.05, 4.69) is 5.10 Å². The molecular weight excluding hydrogens is 198 g/mol. The summed E-state index contributed by atoms with van der Waals surface area (Å²) in [7, 11) is -1.60. The zero-order chi connectivity index (χ0) is 9.30. The van der Waals surface area contributed by atoms with Crippen LogP contribution in [0.1, 0.15) is 19.9 Å². The first kappa shape index (κ1) is 9.70. The third-order valence-electron chi connectivity index (χ3n) is 1.38. The fourth-order valence-electron chi connectivity index (χ4n) is 0.754. The molecule has 0 aliphatic carbocycles. The standard InChI is InChI=1S/C6H10ClN3OS/c1-4(2)10-3-5(7)6(9-10)12(8)11/h3-4H,8H2,1-2H3. The minimum absolute atomic E-state index is 0.194. The van der Waals surface area contributed by atoms with Gasteiger partial charge < -0.3 is 0 Å². The number of halogens is 1. The molecule has 0 amide bonds. The summed E-state index contributed by atoms with van der Waals surface area (Å²) < 4.78 is 12.5. The van der Waals surface area contributed by atoms with Crippen molar-refractivity contribution in [3.05, 3.63) is 11.2 Å². The van der Waals surface area contributed by atoms with E-state index in [1.807, 2.05) is 13.8 Å². The van der Waals surface area contributed by atoms with Crippen molar-refractivity contribution in [1.82, 2.24) is 9.78 Å². The molecule has 0 radical (unpaired) electrons. The molecule has 1 rings (SSSR count). The Labute approximate surface area is 78.3 Å². The molecular formula is C6H10ClN3OS. The van der Waals surface area contributed by atoms with E-state index < -0.39 is 11.0 Å². The van der Waals surface area contributed by atoms with Crippen molar-refractivity contribution >= 4 is 22.6 Å². The zero-order valence-electron chi connectivity index (χ0n) is 6.82. The average molecular weight is 208 g/mol. The molecule has 1 aromatic rings. The topological polar surface area (TPSA) is 60.9 Å². The summed E-state index contributed by atoms with van der Waals surface area (Å²) in [5.74, 6) is 0. The van der Waals surface area contributed by atoms with Gasteiger partial charge in [-0.2, -0.15) is 5.10 Å². The average Bonchev–Trinajstić information content (AvgIpc) is 2.30. The first-order chi connectivity index (χ1) is 5.52. The lowest BCUT2D eigenvalue weighted by Crippen LogP contribution is -2.06. The second kappa shape index (κ2) is 3.55. The van der Waals surface area contributed by atoms with Crippen LogP contribution in [0, 0.1) is 0 Å². The molecule has 68 valence electrons. The van der Waals surface area contributed by atoms with Crippen LogP contribution in [0.15, 0.2) is 11.2 Å². The second-order valence-corrected chi connectivity index (χ2v) is 4.04. The lowest BCUT2D eigenvalue weighted by Gasteiger charge is -2.02. The summed E-state index contributed by atoms with van der Waals surface area (Å²) in [6, 6.07) is 0.194. The Hall–Kier alpha value is -0.390. The van der Waals surface area contributed by atoms with E-state index in [0.717, 1.165) is 0 Å². The van der Waals surface area contributed by atoms with Gasteiger partial charge >= 0.3 is 0 Å². The molecule has 1 heterocycles. The van der Waals surface area contributed by atoms with E-state index in [1.54, 1.807) is 10.9 Å². The Bertz CT molecular complexity index is 310. The van der Waals surface area contributed by atoms with Gasteiger partial charge in [0.15, 0.2) is 5.03 Å². The molecule has 0 aromatic carbocycles. The molecule has 1 aromatic heterocycles. The predicted octanol–water partition coefficient (Wildman–Crippen LogP) is 1.10. The summed E-state index contributed by atoms with van der Waals surface area (Å²) in [6.45, 7) is 3.90. The van der Waals surface area contributed by atoms with Crippen molar-refractivity contribution in [1.29, 1.82) is 0 Å². The molecule has 6 heteroatoms. The smallest absolute Gasteiger partial charge is 0.183 e. The van der Waals surface area contributed by atoms with Crippen molar-refractivity contribution in [2.24, 2.45) is 5.14 Å². The summed E-state index contributed by atoms with van der Waals surface area (Å²) in [5, 5.41) is 9.70. The normalized spacial score (nSPS) is 13.8. The third kappa shape index (κ3) is 1.85. The highest BCUT2D eigenvalue weighted by Gasteiger charge is 2.11. The fraction of sp³-hybridized carbons (Fsp3) is 0.500. The number of nitrogens with two attached hydrogens (primary N) is 1.